The number of Topliss-reactive ketones (excluding diaryl/α,β-unsaturated/α-hetero) is 1. The molecule has 5 aromatic heterocycles. The zero-order chi connectivity index (χ0) is 107. The van der Waals surface area contributed by atoms with Gasteiger partial charge >= 0.3 is 5.97 Å². The number of rotatable bonds is 17. The first-order valence-electron chi connectivity index (χ1n) is 47.3. The fraction of sp³-hybridized carbons (Fsp3) is 0.456. The zero-order valence-electron chi connectivity index (χ0n) is 79.5. The molecule has 11 aliphatic carbocycles. The van der Waals surface area contributed by atoms with Gasteiger partial charge in [0, 0.05) is 178 Å². The second kappa shape index (κ2) is 47.6. The minimum Gasteiger partial charge on any atom is -0.480 e. The van der Waals surface area contributed by atoms with Crippen LogP contribution in [-0.4, -0.2) is 162 Å². The van der Waals surface area contributed by atoms with E-state index in [-0.39, 0.29) is 199 Å². The van der Waals surface area contributed by atoms with E-state index >= 15 is 0 Å². The fourth-order valence-corrected chi connectivity index (χ4v) is 23.2. The molecule has 3 aromatic carbocycles. The van der Waals surface area contributed by atoms with E-state index in [9.17, 15) is 110 Å². The minimum absolute atomic E-state index is 0. The Kier molecular flexibility index (Phi) is 36.8. The zero-order valence-corrected chi connectivity index (χ0v) is 83.3. The second-order valence-electron chi connectivity index (χ2n) is 40.4. The molecule has 8 aromatic rings. The molecule has 46 heteroatoms. The third-order valence-corrected chi connectivity index (χ3v) is 29.6. The number of carbonyl (C=O) groups excluding carboxylic acids is 9. The van der Waals surface area contributed by atoms with Crippen molar-refractivity contribution in [1.29, 1.82) is 10.5 Å². The molecule has 149 heavy (non-hydrogen) atoms. The van der Waals surface area contributed by atoms with E-state index < -0.39 is 130 Å². The number of hydrogen-bond donors (Lipinski definition) is 8. The number of aromatic nitrogens is 5. The Labute approximate surface area is 873 Å². The lowest BCUT2D eigenvalue weighted by molar-refractivity contribution is -0.199. The molecule has 2 aliphatic heterocycles. The predicted octanol–water partition coefficient (Wildman–Crippen LogP) is 19.2. The Morgan fingerprint density at radius 3 is 1.25 bits per heavy atom. The monoisotopic (exact) mass is 2180 g/mol. The molecule has 6 atom stereocenters. The third kappa shape index (κ3) is 29.3. The number of amides is 7. The Hall–Kier alpha value is -12.7. The number of carboxylic acids is 1. The number of hydrogen-bond acceptors (Lipinski definition) is 19. The van der Waals surface area contributed by atoms with Crippen LogP contribution in [0, 0.1) is 79.7 Å². The van der Waals surface area contributed by atoms with E-state index in [0.29, 0.717) is 90.3 Å². The molecule has 7 amide bonds. The molecule has 5 spiro atoms. The van der Waals surface area contributed by atoms with Gasteiger partial charge in [0.1, 0.15) is 52.6 Å². The molecule has 0 radical (unpaired) electrons. The van der Waals surface area contributed by atoms with Crippen LogP contribution in [0.1, 0.15) is 223 Å². The Bertz CT molecular complexity index is 6330. The first-order chi connectivity index (χ1) is 69.8. The van der Waals surface area contributed by atoms with Gasteiger partial charge in [0.2, 0.25) is 71.6 Å². The molecular weight excluding hydrogens is 2080 g/mol. The van der Waals surface area contributed by atoms with Crippen LogP contribution in [0.4, 0.5) is 74.1 Å². The van der Waals surface area contributed by atoms with Gasteiger partial charge in [-0.1, -0.05) is 101 Å². The SMILES string of the molecule is Cl.N#Cc1ccnc(C2C(=O)CC[C@H]2C(=O)N(c2cncc(F)c2)[C@H](C(=O)NC2CC3(C2)CC(F)(F)C3)c2ccccc2Cl)c1.N#Cc1ccnc(Cl)c1.NC1CC2(C1)CC(F)(F)C2.Nc1cncc(F)c1.O=C1CC[C@@H](C(=O)N(c2cncc(F)c2)C(C(=O)NC2CC3(C2)CC(F)(F)C3)c2ccccc2Cl)N1.O=C1CC[C@@H](C(=O)O)N1.O=CNC1CC2(C1)CC(F)(F)C2.O=Cc1ccccc1Cl.[C-]#[N+]C1CC2(C1)CC(F)(F)C2. The number of carboxylic acid groups (broad SMARTS) is 1. The smallest absolute Gasteiger partial charge is 0.326 e. The molecule has 13 fully saturated rings. The molecule has 13 aliphatic rings. The van der Waals surface area contributed by atoms with Crippen molar-refractivity contribution < 1.29 is 110 Å². The van der Waals surface area contributed by atoms with Crippen molar-refractivity contribution in [3.8, 4) is 12.1 Å². The van der Waals surface area contributed by atoms with Gasteiger partial charge in [0.25, 0.3) is 5.91 Å². The molecule has 2 saturated heterocycles. The van der Waals surface area contributed by atoms with Gasteiger partial charge < -0.3 is 48.0 Å². The quantitative estimate of drug-likeness (QED) is 0.0182. The van der Waals surface area contributed by atoms with E-state index in [2.05, 4.69) is 56.3 Å². The minimum atomic E-state index is -2.69. The number of aldehydes is 1. The summed E-state index contributed by atoms with van der Waals surface area (Å²) in [6.45, 7) is 6.67. The number of nitrogens with one attached hydrogen (secondary N) is 5. The maximum Gasteiger partial charge on any atom is 0.326 e. The number of nitrogens with two attached hydrogens (primary N) is 2. The Balaban J connectivity index is 0.000000164. The number of pyridine rings is 5. The summed E-state index contributed by atoms with van der Waals surface area (Å²) in [4.78, 5) is 146. The molecule has 0 bridgehead atoms. The fourth-order valence-electron chi connectivity index (χ4n) is 22.3. The lowest BCUT2D eigenvalue weighted by Crippen LogP contribution is -2.61. The van der Waals surface area contributed by atoms with E-state index in [1.165, 1.54) is 55.2 Å². The van der Waals surface area contributed by atoms with E-state index in [1.54, 1.807) is 78.9 Å². The van der Waals surface area contributed by atoms with Crippen LogP contribution in [0.2, 0.25) is 20.2 Å². The Morgan fingerprint density at radius 2 is 0.899 bits per heavy atom. The molecule has 21 rings (SSSR count). The number of halogens is 18. The number of aliphatic carboxylic acids is 1. The van der Waals surface area contributed by atoms with E-state index in [1.807, 2.05) is 12.1 Å². The average molecular weight is 2180 g/mol. The first-order valence-corrected chi connectivity index (χ1v) is 48.8. The first kappa shape index (κ1) is 115. The van der Waals surface area contributed by atoms with E-state index in [4.69, 9.17) is 74.8 Å². The van der Waals surface area contributed by atoms with Crippen molar-refractivity contribution in [3.63, 3.8) is 0 Å². The predicted molar refractivity (Wildman–Crippen MR) is 522 cm³/mol. The lowest BCUT2D eigenvalue weighted by Gasteiger charge is -2.57. The van der Waals surface area contributed by atoms with Crippen LogP contribution in [0.3, 0.4) is 0 Å². The maximum absolute atomic E-state index is 14.6. The number of nitrogens with zero attached hydrogens (tertiary/aromatic N) is 10. The van der Waals surface area contributed by atoms with Crippen LogP contribution in [0.5, 0.6) is 0 Å². The topological polar surface area (TPSA) is 426 Å². The van der Waals surface area contributed by atoms with Gasteiger partial charge in [0.05, 0.1) is 93.9 Å². The summed E-state index contributed by atoms with van der Waals surface area (Å²) < 4.78 is 169. The summed E-state index contributed by atoms with van der Waals surface area (Å²) in [6.07, 6.45) is 18.1. The summed E-state index contributed by atoms with van der Waals surface area (Å²) in [6, 6.07) is 28.6. The summed E-state index contributed by atoms with van der Waals surface area (Å²) in [5, 5.41) is 40.6. The molecule has 7 heterocycles. The van der Waals surface area contributed by atoms with Crippen LogP contribution < -0.4 is 47.9 Å². The second-order valence-corrected chi connectivity index (χ2v) is 42.0. The van der Waals surface area contributed by atoms with Gasteiger partial charge in [0.15, 0.2) is 6.29 Å². The van der Waals surface area contributed by atoms with Crippen LogP contribution in [0.15, 0.2) is 165 Å². The van der Waals surface area contributed by atoms with Gasteiger partial charge in [-0.25, -0.2) is 73.4 Å². The summed E-state index contributed by atoms with van der Waals surface area (Å²) in [5.74, 6) is -20.6. The van der Waals surface area contributed by atoms with Crippen molar-refractivity contribution >= 4 is 136 Å². The highest BCUT2D eigenvalue weighted by Crippen LogP contribution is 2.67. The highest BCUT2D eigenvalue weighted by atomic mass is 35.5. The van der Waals surface area contributed by atoms with Crippen molar-refractivity contribution in [2.75, 3.05) is 15.5 Å². The number of anilines is 3. The third-order valence-electron chi connectivity index (χ3n) is 28.3. The lowest BCUT2D eigenvalue weighted by atomic mass is 9.52. The number of benzene rings is 3. The molecule has 11 saturated carbocycles. The average Bonchev–Trinajstić information content (AvgIpc) is 0.895. The van der Waals surface area contributed by atoms with Crippen LogP contribution >= 0.6 is 58.8 Å². The highest BCUT2D eigenvalue weighted by molar-refractivity contribution is 6.33. The standard InChI is InChI=1S/C32H27ClF3N5O3.C25H24ClF3N4O3.C8H11F2NO.C8H9F2N.C7H5ClO.C7H11F2N.C6H3ClN2.C5H5FN2.C5H7NO3.ClH/c33-24-4-2-1-3-22(24)28(29(43)40-20-11-31(12-20)16-32(35,36)17-31)41(21-10-19(34)14-38-15-21)30(44)23-5-6-26(42)27(23)25-9-18(13-37)7-8-39-25;26-18-4-2-1-3-17(18)21(22(35)31-15-8-24(9-15)12-25(28,29)13-24)33(16-7-14(27)10-30-11-16)23(36)19-5-6-20(34)32-19;9-8(10)3-7(4-8)1-6(2-7)11-5-12;1-11-6-2-7(3-6)4-8(9,10)5-7;8-7-4-2-1-3-6(7)5-9;8-7(9)3-6(4-7)1-5(10)2-6;7-6-3-5(4-8)1-2-9-6;6-4-1-5(7)3-8-2-4;7-4-2-1-3(6-4)5(8)9;/h1-4,7-10,14-15,20,23,27-28H,5-6,11-12,16-17H2,(H,40,43);1-4,7,10-11,15,19,21H,5-6,8-9,12-13H2,(H,31,35)(H,32,34);5-6H,1-4H2,(H,11,12);6H,2-5H2;1-5H;5H,1-4,10H2;1-3H;1-3H,7H2;3H,1-2H2,(H,6,7)(H,8,9);1H/t23-,27?,28+;19-,21?;;;;;;;3-;/m10......0./s1. The normalized spacial score (nSPS) is 22.4. The molecular formula is C103H103Cl5F13N17O11. The Morgan fingerprint density at radius 1 is 0.503 bits per heavy atom. The number of ketones is 1. The highest BCUT2D eigenvalue weighted by Gasteiger charge is 2.67. The van der Waals surface area contributed by atoms with Gasteiger partial charge in [-0.2, -0.15) is 10.5 Å². The molecule has 28 nitrogen and oxygen atoms in total. The number of nitrogen functional groups attached to an aromatic ring is 1. The molecule has 2 unspecified atom stereocenters. The van der Waals surface area contributed by atoms with Crippen LogP contribution in [0.25, 0.3) is 4.85 Å². The van der Waals surface area contributed by atoms with Crippen molar-refractivity contribution in [1.82, 2.24) is 51.5 Å². The van der Waals surface area contributed by atoms with Gasteiger partial charge in [-0.3, -0.25) is 72.9 Å². The van der Waals surface area contributed by atoms with Crippen molar-refractivity contribution in [2.45, 2.75) is 257 Å². The van der Waals surface area contributed by atoms with E-state index in [0.717, 1.165) is 72.5 Å². The largest absolute Gasteiger partial charge is 0.480 e. The summed E-state index contributed by atoms with van der Waals surface area (Å²) >= 11 is 24.1. The van der Waals surface area contributed by atoms with Crippen molar-refractivity contribution in [2.24, 2.45) is 38.7 Å². The van der Waals surface area contributed by atoms with Gasteiger partial charge in [-0.15, -0.1) is 12.4 Å². The number of alkyl halides is 10. The number of nitriles is 2. The summed E-state index contributed by atoms with van der Waals surface area (Å²) in [7, 11) is 0. The summed E-state index contributed by atoms with van der Waals surface area (Å²) in [5.41, 5.74) is 11.9. The van der Waals surface area contributed by atoms with Gasteiger partial charge in [-0.05, 0) is 146 Å². The molecule has 10 N–H and O–H groups in total. The molecule has 792 valence electrons. The number of carbonyl (C=O) groups is 10. The van der Waals surface area contributed by atoms with Crippen molar-refractivity contribution in [3.05, 3.63) is 247 Å². The van der Waals surface area contributed by atoms with Crippen LogP contribution in [-0.2, 0) is 43.2 Å². The maximum atomic E-state index is 14.6.